The van der Waals surface area contributed by atoms with E-state index in [0.29, 0.717) is 29.5 Å². The van der Waals surface area contributed by atoms with Crippen LogP contribution in [0.3, 0.4) is 0 Å². The summed E-state index contributed by atoms with van der Waals surface area (Å²) in [5, 5.41) is 9.54. The maximum Gasteiger partial charge on any atom is 0.142 e. The lowest BCUT2D eigenvalue weighted by Gasteiger charge is -2.12. The molecule has 0 amide bonds. The molecule has 0 fully saturated rings. The molecule has 2 N–H and O–H groups in total. The Kier molecular flexibility index (Phi) is 4.40. The molecule has 0 atom stereocenters. The molecule has 2 aromatic rings. The fourth-order valence-electron chi connectivity index (χ4n) is 1.78. The molecule has 0 radical (unpaired) electrons. The van der Waals surface area contributed by atoms with Gasteiger partial charge in [0.25, 0.3) is 0 Å². The second kappa shape index (κ2) is 6.24. The molecular weight excluding hydrogens is 260 g/mol. The molecule has 0 aliphatic heterocycles. The largest absolute Gasteiger partial charge is 0.487 e. The molecule has 3 nitrogen and oxygen atoms in total. The van der Waals surface area contributed by atoms with Crippen LogP contribution < -0.4 is 10.5 Å². The molecule has 2 rings (SSSR count). The molecule has 0 saturated carbocycles. The second-order valence-corrected chi connectivity index (χ2v) is 4.40. The molecule has 0 aromatic heterocycles. The van der Waals surface area contributed by atoms with Gasteiger partial charge in [0.15, 0.2) is 0 Å². The van der Waals surface area contributed by atoms with Crippen LogP contribution in [0.15, 0.2) is 42.5 Å². The minimum absolute atomic E-state index is 0.292. The summed E-state index contributed by atoms with van der Waals surface area (Å²) >= 11 is 6.10. The van der Waals surface area contributed by atoms with Crippen molar-refractivity contribution in [2.24, 2.45) is 5.73 Å². The second-order valence-electron chi connectivity index (χ2n) is 3.99. The Morgan fingerprint density at radius 3 is 2.58 bits per heavy atom. The van der Waals surface area contributed by atoms with Crippen molar-refractivity contribution >= 4 is 11.6 Å². The van der Waals surface area contributed by atoms with Crippen LogP contribution in [0.5, 0.6) is 5.75 Å². The van der Waals surface area contributed by atoms with Gasteiger partial charge >= 0.3 is 0 Å². The van der Waals surface area contributed by atoms with Gasteiger partial charge in [-0.1, -0.05) is 41.9 Å². The Labute approximate surface area is 117 Å². The monoisotopic (exact) mass is 272 g/mol. The van der Waals surface area contributed by atoms with Crippen LogP contribution in [0.25, 0.3) is 0 Å². The van der Waals surface area contributed by atoms with Gasteiger partial charge in [-0.25, -0.2) is 0 Å². The first kappa shape index (κ1) is 13.4. The quantitative estimate of drug-likeness (QED) is 0.929. The summed E-state index contributed by atoms with van der Waals surface area (Å²) in [5.41, 5.74) is 7.93. The predicted molar refractivity (Wildman–Crippen MR) is 74.8 cm³/mol. The summed E-state index contributed by atoms with van der Waals surface area (Å²) in [6.07, 6.45) is 0. The first-order valence-corrected chi connectivity index (χ1v) is 6.22. The lowest BCUT2D eigenvalue weighted by Crippen LogP contribution is -2.04. The highest BCUT2D eigenvalue weighted by molar-refractivity contribution is 6.32. The van der Waals surface area contributed by atoms with E-state index in [1.54, 1.807) is 12.1 Å². The average molecular weight is 273 g/mol. The highest BCUT2D eigenvalue weighted by atomic mass is 35.5. The molecule has 0 unspecified atom stereocenters. The average Bonchev–Trinajstić information content (AvgIpc) is 2.46. The minimum atomic E-state index is 0.292. The molecule has 0 aliphatic rings. The molecule has 0 saturated heterocycles. The first-order valence-electron chi connectivity index (χ1n) is 5.84. The molecule has 96 valence electrons. The van der Waals surface area contributed by atoms with Gasteiger partial charge in [-0.15, -0.1) is 0 Å². The van der Waals surface area contributed by atoms with E-state index in [1.165, 1.54) is 0 Å². The number of nitrogens with two attached hydrogens (primary N) is 1. The highest BCUT2D eigenvalue weighted by Crippen LogP contribution is 2.29. The summed E-state index contributed by atoms with van der Waals surface area (Å²) < 4.78 is 5.72. The van der Waals surface area contributed by atoms with E-state index < -0.39 is 0 Å². The normalized spacial score (nSPS) is 9.95. The lowest BCUT2D eigenvalue weighted by atomic mass is 10.1. The number of para-hydroxylation sites is 1. The highest BCUT2D eigenvalue weighted by Gasteiger charge is 2.08. The summed E-state index contributed by atoms with van der Waals surface area (Å²) in [6, 6.07) is 14.9. The zero-order chi connectivity index (χ0) is 13.7. The van der Waals surface area contributed by atoms with Gasteiger partial charge in [-0.05, 0) is 12.1 Å². The Hall–Kier alpha value is -2.02. The topological polar surface area (TPSA) is 59.0 Å². The van der Waals surface area contributed by atoms with Crippen LogP contribution in [0.1, 0.15) is 16.7 Å². The van der Waals surface area contributed by atoms with Crippen molar-refractivity contribution in [1.29, 1.82) is 5.26 Å². The van der Waals surface area contributed by atoms with Crippen LogP contribution in [0, 0.1) is 11.3 Å². The molecule has 0 aliphatic carbocycles. The van der Waals surface area contributed by atoms with Gasteiger partial charge in [0, 0.05) is 17.7 Å². The zero-order valence-corrected chi connectivity index (χ0v) is 11.0. The lowest BCUT2D eigenvalue weighted by molar-refractivity contribution is 0.303. The van der Waals surface area contributed by atoms with Gasteiger partial charge in [-0.3, -0.25) is 0 Å². The van der Waals surface area contributed by atoms with E-state index in [1.807, 2.05) is 30.3 Å². The van der Waals surface area contributed by atoms with Crippen molar-refractivity contribution in [2.45, 2.75) is 13.2 Å². The summed E-state index contributed by atoms with van der Waals surface area (Å²) in [5.74, 6) is 0.583. The smallest absolute Gasteiger partial charge is 0.142 e. The van der Waals surface area contributed by atoms with Gasteiger partial charge in [0.05, 0.1) is 16.7 Å². The van der Waals surface area contributed by atoms with Crippen LogP contribution in [-0.4, -0.2) is 0 Å². The minimum Gasteiger partial charge on any atom is -0.487 e. The number of hydrogen-bond acceptors (Lipinski definition) is 3. The number of hydrogen-bond donors (Lipinski definition) is 1. The molecule has 0 heterocycles. The molecular formula is C15H13ClN2O. The summed E-state index contributed by atoms with van der Waals surface area (Å²) in [6.45, 7) is 0.649. The maximum absolute atomic E-state index is 9.02. The number of halogens is 1. The van der Waals surface area contributed by atoms with Gasteiger partial charge in [-0.2, -0.15) is 5.26 Å². The van der Waals surface area contributed by atoms with Crippen molar-refractivity contribution in [2.75, 3.05) is 0 Å². The fraction of sp³-hybridized carbons (Fsp3) is 0.133. The van der Waals surface area contributed by atoms with E-state index in [2.05, 4.69) is 6.07 Å². The Morgan fingerprint density at radius 1 is 1.11 bits per heavy atom. The van der Waals surface area contributed by atoms with E-state index in [-0.39, 0.29) is 0 Å². The van der Waals surface area contributed by atoms with E-state index in [9.17, 15) is 0 Å². The zero-order valence-electron chi connectivity index (χ0n) is 10.3. The van der Waals surface area contributed by atoms with Crippen molar-refractivity contribution in [3.63, 3.8) is 0 Å². The van der Waals surface area contributed by atoms with Crippen molar-refractivity contribution in [1.82, 2.24) is 0 Å². The van der Waals surface area contributed by atoms with Crippen LogP contribution in [0.4, 0.5) is 0 Å². The van der Waals surface area contributed by atoms with Crippen LogP contribution in [-0.2, 0) is 13.2 Å². The Morgan fingerprint density at radius 2 is 1.84 bits per heavy atom. The molecule has 0 bridgehead atoms. The number of benzene rings is 2. The van der Waals surface area contributed by atoms with Crippen LogP contribution in [0.2, 0.25) is 5.02 Å². The molecule has 4 heteroatoms. The first-order chi connectivity index (χ1) is 9.26. The number of nitriles is 1. The SMILES string of the molecule is N#Cc1ccccc1COc1c(Cl)cccc1CN. The molecule has 0 spiro atoms. The van der Waals surface area contributed by atoms with Crippen molar-refractivity contribution < 1.29 is 4.74 Å². The van der Waals surface area contributed by atoms with Gasteiger partial charge < -0.3 is 10.5 Å². The number of nitrogens with zero attached hydrogens (tertiary/aromatic N) is 1. The summed E-state index contributed by atoms with van der Waals surface area (Å²) in [7, 11) is 0. The third-order valence-electron chi connectivity index (χ3n) is 2.78. The van der Waals surface area contributed by atoms with Crippen molar-refractivity contribution in [3.8, 4) is 11.8 Å². The number of ether oxygens (including phenoxy) is 1. The van der Waals surface area contributed by atoms with Crippen LogP contribution >= 0.6 is 11.6 Å². The molecule has 2 aromatic carbocycles. The Bertz CT molecular complexity index is 620. The Balaban J connectivity index is 2.22. The standard InChI is InChI=1S/C15H13ClN2O/c16-14-7-3-6-12(9-18)15(14)19-10-13-5-2-1-4-11(13)8-17/h1-7H,9-10,18H2. The predicted octanol–water partition coefficient (Wildman–Crippen LogP) is 3.25. The van der Waals surface area contributed by atoms with Crippen molar-refractivity contribution in [3.05, 3.63) is 64.2 Å². The third-order valence-corrected chi connectivity index (χ3v) is 3.08. The number of rotatable bonds is 4. The van der Waals surface area contributed by atoms with Gasteiger partial charge in [0.2, 0.25) is 0 Å². The maximum atomic E-state index is 9.02. The third kappa shape index (κ3) is 3.05. The van der Waals surface area contributed by atoms with E-state index in [0.717, 1.165) is 11.1 Å². The van der Waals surface area contributed by atoms with Gasteiger partial charge in [0.1, 0.15) is 12.4 Å². The molecule has 19 heavy (non-hydrogen) atoms. The van der Waals surface area contributed by atoms with E-state index in [4.69, 9.17) is 27.3 Å². The van der Waals surface area contributed by atoms with E-state index >= 15 is 0 Å². The fourth-order valence-corrected chi connectivity index (χ4v) is 2.03. The summed E-state index contributed by atoms with van der Waals surface area (Å²) in [4.78, 5) is 0.